The fraction of sp³-hybridized carbons (Fsp3) is 0.355. The van der Waals surface area contributed by atoms with Gasteiger partial charge in [-0.05, 0) is 61.4 Å². The highest BCUT2D eigenvalue weighted by molar-refractivity contribution is 7.93. The smallest absolute Gasteiger partial charge is 0.497 e. The summed E-state index contributed by atoms with van der Waals surface area (Å²) in [6.07, 6.45) is -6.62. The number of ether oxygens (including phenoxy) is 3. The molecule has 5 rings (SSSR count). The summed E-state index contributed by atoms with van der Waals surface area (Å²) in [6.45, 7) is 1.22. The number of methoxy groups -OCH3 is 2. The first-order valence-electron chi connectivity index (χ1n) is 14.2. The molecule has 2 aliphatic heterocycles. The third-order valence-corrected chi connectivity index (χ3v) is 10.7. The number of nitrogens with zero attached hydrogens (tertiary/aromatic N) is 3. The molecule has 1 fully saturated rings. The van der Waals surface area contributed by atoms with Gasteiger partial charge in [-0.1, -0.05) is 23.2 Å². The van der Waals surface area contributed by atoms with E-state index in [2.05, 4.69) is 4.74 Å². The highest BCUT2D eigenvalue weighted by Gasteiger charge is 2.65. The average molecular weight is 733 g/mol. The summed E-state index contributed by atoms with van der Waals surface area (Å²) < 4.78 is 85.1. The average Bonchev–Trinajstić information content (AvgIpc) is 3.52. The SMILES string of the molecule is COc1ccc(S(=O)(=O)N2C(=O)C(c3cc(Cl)ccc3OC)(N3C[C@H](O)C[C@H]3C(=O)N(C)C)c3c2ccc(Cl)c3C)c(OC(F)(F)F)c1. The molecule has 0 bridgehead atoms. The van der Waals surface area contributed by atoms with Crippen LogP contribution in [0.15, 0.2) is 53.4 Å². The van der Waals surface area contributed by atoms with Crippen LogP contribution in [0.2, 0.25) is 10.0 Å². The van der Waals surface area contributed by atoms with E-state index in [0.717, 1.165) is 25.3 Å². The van der Waals surface area contributed by atoms with Gasteiger partial charge in [-0.15, -0.1) is 13.2 Å². The summed E-state index contributed by atoms with van der Waals surface area (Å²) in [5.74, 6) is -2.99. The maximum absolute atomic E-state index is 15.4. The van der Waals surface area contributed by atoms with Gasteiger partial charge < -0.3 is 24.2 Å². The number of fused-ring (bicyclic) bond motifs is 1. The van der Waals surface area contributed by atoms with Crippen molar-refractivity contribution in [3.05, 3.63) is 75.3 Å². The minimum atomic E-state index is -5.32. The molecule has 1 N–H and O–H groups in total. The molecule has 2 aliphatic rings. The van der Waals surface area contributed by atoms with Crippen molar-refractivity contribution in [3.8, 4) is 17.2 Å². The summed E-state index contributed by atoms with van der Waals surface area (Å²) in [7, 11) is 0.163. The molecule has 0 radical (unpaired) electrons. The number of carbonyl (C=O) groups excluding carboxylic acids is 2. The standard InChI is InChI=1S/C31H30Cl2F3N3O8S/c1-16-21(33)8-9-22-27(16)30(20-12-17(32)6-10-24(20)46-5,38-15-18(40)13-23(38)28(41)37(2)3)29(42)39(22)48(43,44)26-11-7-19(45-4)14-25(26)47-31(34,35)36/h6-12,14,18,23,40H,13,15H2,1-5H3/t18-,23+,30?/m1/s1. The number of alkyl halides is 3. The number of likely N-dealkylation sites (N-methyl/N-ethyl adjacent to an activating group) is 1. The number of benzene rings is 3. The van der Waals surface area contributed by atoms with E-state index in [4.69, 9.17) is 32.7 Å². The molecule has 258 valence electrons. The molecule has 2 heterocycles. The van der Waals surface area contributed by atoms with Crippen molar-refractivity contribution in [2.24, 2.45) is 0 Å². The normalized spacial score (nSPS) is 21.3. The number of β-amino-alcohol motifs (C(OH)–C–C–N with tert-alkyl or cyclic N) is 1. The monoisotopic (exact) mass is 731 g/mol. The summed E-state index contributed by atoms with van der Waals surface area (Å²) in [5, 5.41) is 11.2. The Kier molecular flexibility index (Phi) is 9.33. The Morgan fingerprint density at radius 1 is 1.04 bits per heavy atom. The van der Waals surface area contributed by atoms with Crippen molar-refractivity contribution in [2.45, 2.75) is 42.3 Å². The van der Waals surface area contributed by atoms with E-state index in [-0.39, 0.29) is 56.9 Å². The lowest BCUT2D eigenvalue weighted by Gasteiger charge is -2.42. The Morgan fingerprint density at radius 3 is 2.33 bits per heavy atom. The Labute approximate surface area is 284 Å². The fourth-order valence-corrected chi connectivity index (χ4v) is 8.26. The van der Waals surface area contributed by atoms with Gasteiger partial charge in [0.25, 0.3) is 15.9 Å². The second-order valence-corrected chi connectivity index (χ2v) is 13.9. The molecule has 3 atom stereocenters. The van der Waals surface area contributed by atoms with E-state index < -0.39 is 56.5 Å². The number of aliphatic hydroxyl groups is 1. The Morgan fingerprint density at radius 2 is 1.73 bits per heavy atom. The van der Waals surface area contributed by atoms with Crippen molar-refractivity contribution >= 4 is 50.7 Å². The zero-order chi connectivity index (χ0) is 35.5. The Balaban J connectivity index is 1.91. The lowest BCUT2D eigenvalue weighted by Crippen LogP contribution is -2.59. The van der Waals surface area contributed by atoms with Crippen LogP contribution >= 0.6 is 23.2 Å². The molecule has 1 unspecified atom stereocenters. The molecule has 0 aliphatic carbocycles. The van der Waals surface area contributed by atoms with Gasteiger partial charge in [-0.25, -0.2) is 12.7 Å². The minimum absolute atomic E-state index is 0.000955. The lowest BCUT2D eigenvalue weighted by molar-refractivity contribution is -0.275. The number of amides is 2. The molecule has 2 amide bonds. The van der Waals surface area contributed by atoms with E-state index >= 15 is 4.79 Å². The number of sulfonamides is 1. The van der Waals surface area contributed by atoms with E-state index in [9.17, 15) is 31.5 Å². The quantitative estimate of drug-likeness (QED) is 0.351. The number of hydrogen-bond donors (Lipinski definition) is 1. The molecular weight excluding hydrogens is 702 g/mol. The topological polar surface area (TPSA) is 126 Å². The summed E-state index contributed by atoms with van der Waals surface area (Å²) in [4.78, 5) is 30.7. The molecular formula is C31H30Cl2F3N3O8S. The summed E-state index contributed by atoms with van der Waals surface area (Å²) in [6, 6.07) is 8.30. The molecule has 17 heteroatoms. The first kappa shape index (κ1) is 35.5. The molecule has 11 nitrogen and oxygen atoms in total. The number of likely N-dealkylation sites (tertiary alicyclic amines) is 1. The third kappa shape index (κ3) is 5.70. The van der Waals surface area contributed by atoms with Crippen LogP contribution < -0.4 is 18.5 Å². The van der Waals surface area contributed by atoms with Crippen molar-refractivity contribution in [1.82, 2.24) is 9.80 Å². The number of carbonyl (C=O) groups is 2. The first-order valence-corrected chi connectivity index (χ1v) is 16.4. The second kappa shape index (κ2) is 12.6. The molecule has 0 spiro atoms. The molecule has 1 saturated heterocycles. The van der Waals surface area contributed by atoms with Crippen molar-refractivity contribution in [3.63, 3.8) is 0 Å². The van der Waals surface area contributed by atoms with Gasteiger partial charge in [0.15, 0.2) is 11.3 Å². The van der Waals surface area contributed by atoms with E-state index in [0.29, 0.717) is 4.31 Å². The highest BCUT2D eigenvalue weighted by atomic mass is 35.5. The summed E-state index contributed by atoms with van der Waals surface area (Å²) >= 11 is 13.1. The van der Waals surface area contributed by atoms with Crippen LogP contribution in [0.5, 0.6) is 17.2 Å². The Bertz CT molecular complexity index is 1910. The van der Waals surface area contributed by atoms with Crippen LogP contribution in [0.4, 0.5) is 18.9 Å². The van der Waals surface area contributed by atoms with E-state index in [1.165, 1.54) is 68.3 Å². The number of rotatable bonds is 8. The summed E-state index contributed by atoms with van der Waals surface area (Å²) in [5.41, 5.74) is -2.35. The molecule has 3 aromatic carbocycles. The maximum Gasteiger partial charge on any atom is 0.573 e. The fourth-order valence-electron chi connectivity index (χ4n) is 6.38. The van der Waals surface area contributed by atoms with Gasteiger partial charge >= 0.3 is 6.36 Å². The van der Waals surface area contributed by atoms with Crippen molar-refractivity contribution < 1.29 is 50.5 Å². The van der Waals surface area contributed by atoms with Gasteiger partial charge in [0, 0.05) is 47.9 Å². The first-order chi connectivity index (χ1) is 22.4. The number of aliphatic hydroxyl groups excluding tert-OH is 1. The second-order valence-electron chi connectivity index (χ2n) is 11.3. The number of halogens is 5. The van der Waals surface area contributed by atoms with Gasteiger partial charge in [0.2, 0.25) is 5.91 Å². The third-order valence-electron chi connectivity index (χ3n) is 8.33. The largest absolute Gasteiger partial charge is 0.573 e. The van der Waals surface area contributed by atoms with Gasteiger partial charge in [0.1, 0.15) is 16.4 Å². The van der Waals surface area contributed by atoms with Gasteiger partial charge in [0.05, 0.1) is 32.1 Å². The Hall–Kier alpha value is -3.76. The predicted octanol–water partition coefficient (Wildman–Crippen LogP) is 4.72. The van der Waals surface area contributed by atoms with Crippen LogP contribution in [0, 0.1) is 6.92 Å². The lowest BCUT2D eigenvalue weighted by atomic mass is 9.79. The van der Waals surface area contributed by atoms with Crippen LogP contribution in [0.3, 0.4) is 0 Å². The van der Waals surface area contributed by atoms with E-state index in [1.807, 2.05) is 0 Å². The molecule has 0 aromatic heterocycles. The number of hydrogen-bond acceptors (Lipinski definition) is 9. The maximum atomic E-state index is 15.4. The van der Waals surface area contributed by atoms with Gasteiger partial charge in [-0.2, -0.15) is 0 Å². The zero-order valence-electron chi connectivity index (χ0n) is 26.1. The van der Waals surface area contributed by atoms with Crippen LogP contribution in [-0.4, -0.2) is 88.5 Å². The number of anilines is 1. The molecule has 3 aromatic rings. The molecule has 48 heavy (non-hydrogen) atoms. The highest BCUT2D eigenvalue weighted by Crippen LogP contribution is 2.57. The van der Waals surface area contributed by atoms with Crippen molar-refractivity contribution in [1.29, 1.82) is 0 Å². The van der Waals surface area contributed by atoms with Crippen LogP contribution in [0.25, 0.3) is 0 Å². The predicted molar refractivity (Wildman–Crippen MR) is 169 cm³/mol. The van der Waals surface area contributed by atoms with E-state index in [1.54, 1.807) is 0 Å². The van der Waals surface area contributed by atoms with Crippen molar-refractivity contribution in [2.75, 3.05) is 39.2 Å². The minimum Gasteiger partial charge on any atom is -0.497 e. The van der Waals surface area contributed by atoms with Crippen LogP contribution in [0.1, 0.15) is 23.1 Å². The van der Waals surface area contributed by atoms with Gasteiger partial charge in [-0.3, -0.25) is 14.5 Å². The van der Waals surface area contributed by atoms with Crippen LogP contribution in [-0.2, 0) is 25.2 Å². The molecule has 0 saturated carbocycles. The zero-order valence-corrected chi connectivity index (χ0v) is 28.5.